The number of nitrogens with zero attached hydrogens (tertiary/aromatic N) is 1. The van der Waals surface area contributed by atoms with Gasteiger partial charge >= 0.3 is 0 Å². The molecule has 1 heterocycles. The van der Waals surface area contributed by atoms with Crippen molar-refractivity contribution in [1.29, 1.82) is 0 Å². The number of rotatable bonds is 5. The summed E-state index contributed by atoms with van der Waals surface area (Å²) < 4.78 is 7.37. The van der Waals surface area contributed by atoms with Crippen molar-refractivity contribution in [1.82, 2.24) is 4.57 Å². The molecular weight excluding hydrogens is 216 g/mol. The van der Waals surface area contributed by atoms with Crippen LogP contribution < -0.4 is 11.3 Å². The van der Waals surface area contributed by atoms with E-state index in [4.69, 9.17) is 10.5 Å². The summed E-state index contributed by atoms with van der Waals surface area (Å²) in [6.45, 7) is 3.60. The average molecular weight is 236 g/mol. The van der Waals surface area contributed by atoms with Gasteiger partial charge in [0.2, 0.25) is 0 Å². The molecule has 0 aromatic carbocycles. The van der Waals surface area contributed by atoms with Crippen LogP contribution in [0.15, 0.2) is 16.9 Å². The molecule has 0 bridgehead atoms. The lowest BCUT2D eigenvalue weighted by molar-refractivity contribution is 0.0555. The molecular formula is C13H20N2O2. The van der Waals surface area contributed by atoms with Crippen LogP contribution in [0.1, 0.15) is 24.6 Å². The van der Waals surface area contributed by atoms with E-state index < -0.39 is 0 Å². The van der Waals surface area contributed by atoms with Crippen LogP contribution in [0.4, 0.5) is 0 Å². The zero-order valence-electron chi connectivity index (χ0n) is 10.3. The summed E-state index contributed by atoms with van der Waals surface area (Å²) in [5.74, 6) is 0. The number of fused-ring (bicyclic) bond motifs is 1. The van der Waals surface area contributed by atoms with E-state index in [1.54, 1.807) is 6.07 Å². The molecule has 1 unspecified atom stereocenters. The Morgan fingerprint density at radius 3 is 3.00 bits per heavy atom. The normalized spacial score (nSPS) is 15.9. The largest absolute Gasteiger partial charge is 0.375 e. The second-order valence-corrected chi connectivity index (χ2v) is 4.42. The third-order valence-corrected chi connectivity index (χ3v) is 3.30. The Balaban J connectivity index is 2.26. The summed E-state index contributed by atoms with van der Waals surface area (Å²) in [4.78, 5) is 11.9. The van der Waals surface area contributed by atoms with Crippen molar-refractivity contribution >= 4 is 0 Å². The molecule has 94 valence electrons. The number of aryl methyl sites for hydroxylation is 1. The predicted molar refractivity (Wildman–Crippen MR) is 67.2 cm³/mol. The maximum atomic E-state index is 11.9. The van der Waals surface area contributed by atoms with Crippen LogP contribution in [0, 0.1) is 0 Å². The molecule has 1 aromatic heterocycles. The van der Waals surface area contributed by atoms with Gasteiger partial charge in [-0.05, 0) is 31.7 Å². The topological polar surface area (TPSA) is 57.2 Å². The monoisotopic (exact) mass is 236 g/mol. The van der Waals surface area contributed by atoms with E-state index in [9.17, 15) is 4.79 Å². The first-order chi connectivity index (χ1) is 8.26. The number of hydrogen-bond donors (Lipinski definition) is 1. The minimum atomic E-state index is -0.0650. The summed E-state index contributed by atoms with van der Waals surface area (Å²) >= 11 is 0. The highest BCUT2D eigenvalue weighted by atomic mass is 16.5. The van der Waals surface area contributed by atoms with Crippen molar-refractivity contribution in [2.45, 2.75) is 38.8 Å². The molecule has 4 nitrogen and oxygen atoms in total. The van der Waals surface area contributed by atoms with Crippen LogP contribution in [0.5, 0.6) is 0 Å². The first-order valence-corrected chi connectivity index (χ1v) is 6.29. The molecule has 0 fully saturated rings. The highest BCUT2D eigenvalue weighted by Gasteiger charge is 2.18. The van der Waals surface area contributed by atoms with Gasteiger partial charge in [-0.2, -0.15) is 0 Å². The fourth-order valence-corrected chi connectivity index (χ4v) is 2.47. The van der Waals surface area contributed by atoms with Crippen molar-refractivity contribution in [2.75, 3.05) is 13.2 Å². The van der Waals surface area contributed by atoms with Crippen molar-refractivity contribution in [2.24, 2.45) is 5.73 Å². The molecule has 0 spiro atoms. The Bertz CT molecular complexity index is 440. The summed E-state index contributed by atoms with van der Waals surface area (Å²) in [5, 5.41) is 0. The lowest BCUT2D eigenvalue weighted by Crippen LogP contribution is -2.34. The molecule has 4 heteroatoms. The molecule has 1 aliphatic carbocycles. The van der Waals surface area contributed by atoms with Gasteiger partial charge in [-0.25, -0.2) is 0 Å². The van der Waals surface area contributed by atoms with Crippen LogP contribution >= 0.6 is 0 Å². The van der Waals surface area contributed by atoms with Gasteiger partial charge in [-0.3, -0.25) is 4.79 Å². The molecule has 0 amide bonds. The van der Waals surface area contributed by atoms with Crippen LogP contribution in [-0.2, 0) is 24.1 Å². The van der Waals surface area contributed by atoms with Crippen LogP contribution in [0.2, 0.25) is 0 Å². The van der Waals surface area contributed by atoms with E-state index in [0.717, 1.165) is 19.3 Å². The summed E-state index contributed by atoms with van der Waals surface area (Å²) in [6, 6.07) is 3.61. The standard InChI is InChI=1S/C13H20N2O2/c1-2-17-11(8-14)9-15-12-5-3-4-10(12)6-7-13(15)16/h6-7,11H,2-5,8-9,14H2,1H3. The Morgan fingerprint density at radius 2 is 2.29 bits per heavy atom. The van der Waals surface area contributed by atoms with Crippen molar-refractivity contribution in [3.05, 3.63) is 33.7 Å². The minimum absolute atomic E-state index is 0.0591. The molecule has 0 aliphatic heterocycles. The Kier molecular flexibility index (Phi) is 3.97. The summed E-state index contributed by atoms with van der Waals surface area (Å²) in [6.07, 6.45) is 3.15. The van der Waals surface area contributed by atoms with Gasteiger partial charge in [-0.1, -0.05) is 6.07 Å². The van der Waals surface area contributed by atoms with E-state index in [-0.39, 0.29) is 11.7 Å². The molecule has 17 heavy (non-hydrogen) atoms. The summed E-state index contributed by atoms with van der Waals surface area (Å²) in [5.41, 5.74) is 8.20. The SMILES string of the molecule is CCOC(CN)Cn1c2c(ccc1=O)CCC2. The first-order valence-electron chi connectivity index (χ1n) is 6.29. The maximum Gasteiger partial charge on any atom is 0.250 e. The van der Waals surface area contributed by atoms with Crippen LogP contribution in [-0.4, -0.2) is 23.8 Å². The molecule has 2 rings (SSSR count). The number of aromatic nitrogens is 1. The van der Waals surface area contributed by atoms with Crippen molar-refractivity contribution in [3.8, 4) is 0 Å². The number of pyridine rings is 1. The quantitative estimate of drug-likeness (QED) is 0.818. The molecule has 0 saturated carbocycles. The van der Waals surface area contributed by atoms with E-state index in [2.05, 4.69) is 0 Å². The Morgan fingerprint density at radius 1 is 1.47 bits per heavy atom. The van der Waals surface area contributed by atoms with E-state index in [1.807, 2.05) is 17.6 Å². The second-order valence-electron chi connectivity index (χ2n) is 4.42. The zero-order valence-corrected chi connectivity index (χ0v) is 10.3. The van der Waals surface area contributed by atoms with Gasteiger partial charge in [0.15, 0.2) is 0 Å². The highest BCUT2D eigenvalue weighted by Crippen LogP contribution is 2.20. The van der Waals surface area contributed by atoms with Gasteiger partial charge in [0.25, 0.3) is 5.56 Å². The summed E-state index contributed by atoms with van der Waals surface area (Å²) in [7, 11) is 0. The second kappa shape index (κ2) is 5.47. The number of nitrogens with two attached hydrogens (primary N) is 1. The molecule has 2 N–H and O–H groups in total. The fourth-order valence-electron chi connectivity index (χ4n) is 2.47. The molecule has 0 radical (unpaired) electrons. The smallest absolute Gasteiger partial charge is 0.250 e. The van der Waals surface area contributed by atoms with E-state index in [0.29, 0.717) is 19.7 Å². The van der Waals surface area contributed by atoms with Crippen LogP contribution in [0.3, 0.4) is 0 Å². The predicted octanol–water partition coefficient (Wildman–Crippen LogP) is 0.701. The third kappa shape index (κ3) is 2.58. The van der Waals surface area contributed by atoms with Gasteiger partial charge in [-0.15, -0.1) is 0 Å². The number of hydrogen-bond acceptors (Lipinski definition) is 3. The fraction of sp³-hybridized carbons (Fsp3) is 0.615. The lowest BCUT2D eigenvalue weighted by atomic mass is 10.2. The zero-order chi connectivity index (χ0) is 12.3. The molecule has 1 atom stereocenters. The Labute approximate surface area is 101 Å². The van der Waals surface area contributed by atoms with E-state index >= 15 is 0 Å². The van der Waals surface area contributed by atoms with Crippen molar-refractivity contribution < 1.29 is 4.74 Å². The maximum absolute atomic E-state index is 11.9. The molecule has 1 aromatic rings. The van der Waals surface area contributed by atoms with Gasteiger partial charge in [0, 0.05) is 24.9 Å². The lowest BCUT2D eigenvalue weighted by Gasteiger charge is -2.19. The van der Waals surface area contributed by atoms with E-state index in [1.165, 1.54) is 11.3 Å². The molecule has 0 saturated heterocycles. The minimum Gasteiger partial charge on any atom is -0.375 e. The van der Waals surface area contributed by atoms with Gasteiger partial charge < -0.3 is 15.0 Å². The highest BCUT2D eigenvalue weighted by molar-refractivity contribution is 5.25. The third-order valence-electron chi connectivity index (χ3n) is 3.30. The van der Waals surface area contributed by atoms with Crippen LogP contribution in [0.25, 0.3) is 0 Å². The van der Waals surface area contributed by atoms with Gasteiger partial charge in [0.05, 0.1) is 12.6 Å². The molecule has 1 aliphatic rings. The number of ether oxygens (including phenoxy) is 1. The van der Waals surface area contributed by atoms with Crippen molar-refractivity contribution in [3.63, 3.8) is 0 Å². The average Bonchev–Trinajstić information content (AvgIpc) is 2.80. The van der Waals surface area contributed by atoms with Gasteiger partial charge in [0.1, 0.15) is 0 Å². The Hall–Kier alpha value is -1.13. The first kappa shape index (κ1) is 12.3.